The minimum atomic E-state index is -2.02. The van der Waals surface area contributed by atoms with Crippen LogP contribution in [0.2, 0.25) is 0 Å². The maximum absolute atomic E-state index is 17.2. The number of esters is 1. The molecule has 6 nitrogen and oxygen atoms in total. The predicted octanol–water partition coefficient (Wildman–Crippen LogP) is 2.86. The number of alkyl halides is 1. The molecule has 32 heavy (non-hydrogen) atoms. The van der Waals surface area contributed by atoms with Gasteiger partial charge in [0.15, 0.2) is 17.1 Å². The van der Waals surface area contributed by atoms with E-state index >= 15 is 4.39 Å². The molecule has 0 saturated heterocycles. The number of fused-ring (bicyclic) bond motifs is 5. The van der Waals surface area contributed by atoms with E-state index in [9.17, 15) is 24.6 Å². The zero-order valence-corrected chi connectivity index (χ0v) is 19.2. The van der Waals surface area contributed by atoms with Crippen molar-refractivity contribution in [1.29, 1.82) is 0 Å². The molecule has 0 aromatic heterocycles. The summed E-state index contributed by atoms with van der Waals surface area (Å²) in [6.07, 6.45) is 4.38. The van der Waals surface area contributed by atoms with Crippen LogP contribution in [-0.2, 0) is 19.1 Å². The summed E-state index contributed by atoms with van der Waals surface area (Å²) in [5.41, 5.74) is -5.10. The number of hydrogen-bond donors (Lipinski definition) is 2. The van der Waals surface area contributed by atoms with Gasteiger partial charge in [0.05, 0.1) is 6.10 Å². The molecular formula is C25H33FO6. The summed E-state index contributed by atoms with van der Waals surface area (Å²) in [5, 5.41) is 21.2. The molecule has 8 atom stereocenters. The molecule has 3 saturated carbocycles. The third kappa shape index (κ3) is 2.61. The average molecular weight is 449 g/mol. The number of hydrogen-bond acceptors (Lipinski definition) is 6. The second kappa shape index (κ2) is 7.32. The fourth-order valence-electron chi connectivity index (χ4n) is 7.77. The molecule has 0 radical (unpaired) electrons. The van der Waals surface area contributed by atoms with E-state index in [1.807, 2.05) is 0 Å². The summed E-state index contributed by atoms with van der Waals surface area (Å²) in [5.74, 6) is -2.69. The van der Waals surface area contributed by atoms with Gasteiger partial charge in [-0.1, -0.05) is 32.4 Å². The summed E-state index contributed by atoms with van der Waals surface area (Å²) in [7, 11) is 0. The number of halogens is 1. The highest BCUT2D eigenvalue weighted by molar-refractivity contribution is 6.01. The Hall–Kier alpha value is -1.86. The normalized spacial score (nSPS) is 47.2. The minimum absolute atomic E-state index is 0.0675. The molecule has 2 N–H and O–H groups in total. The second-order valence-corrected chi connectivity index (χ2v) is 10.5. The lowest BCUT2D eigenvalue weighted by molar-refractivity contribution is -0.228. The van der Waals surface area contributed by atoms with E-state index in [0.29, 0.717) is 24.8 Å². The minimum Gasteiger partial charge on any atom is -0.450 e. The molecular weight excluding hydrogens is 415 g/mol. The molecule has 0 amide bonds. The zero-order valence-electron chi connectivity index (χ0n) is 19.2. The zero-order chi connectivity index (χ0) is 23.7. The summed E-state index contributed by atoms with van der Waals surface area (Å²) >= 11 is 0. The van der Waals surface area contributed by atoms with Crippen molar-refractivity contribution in [1.82, 2.24) is 0 Å². The van der Waals surface area contributed by atoms with Gasteiger partial charge in [-0.3, -0.25) is 14.4 Å². The van der Waals surface area contributed by atoms with Gasteiger partial charge < -0.3 is 14.9 Å². The van der Waals surface area contributed by atoms with Crippen molar-refractivity contribution in [3.05, 3.63) is 23.8 Å². The van der Waals surface area contributed by atoms with Crippen LogP contribution in [0, 0.1) is 28.6 Å². The van der Waals surface area contributed by atoms with Crippen molar-refractivity contribution in [2.24, 2.45) is 28.6 Å². The molecule has 4 aliphatic rings. The van der Waals surface area contributed by atoms with Gasteiger partial charge >= 0.3 is 5.97 Å². The van der Waals surface area contributed by atoms with Crippen LogP contribution in [0.3, 0.4) is 0 Å². The highest BCUT2D eigenvalue weighted by Gasteiger charge is 2.77. The lowest BCUT2D eigenvalue weighted by Crippen LogP contribution is -2.70. The van der Waals surface area contributed by atoms with Crippen molar-refractivity contribution >= 4 is 17.5 Å². The number of aliphatic hydroxyl groups excluding tert-OH is 2. The molecule has 4 rings (SSSR count). The summed E-state index contributed by atoms with van der Waals surface area (Å²) in [6, 6.07) is 0. The molecule has 0 spiro atoms. The number of ketones is 2. The van der Waals surface area contributed by atoms with Crippen molar-refractivity contribution in [3.8, 4) is 0 Å². The fourth-order valence-corrected chi connectivity index (χ4v) is 7.77. The van der Waals surface area contributed by atoms with Crippen LogP contribution >= 0.6 is 0 Å². The highest BCUT2D eigenvalue weighted by Crippen LogP contribution is 2.71. The number of rotatable bonds is 4. The fraction of sp³-hybridized carbons (Fsp3) is 0.720. The Morgan fingerprint density at radius 2 is 1.97 bits per heavy atom. The van der Waals surface area contributed by atoms with Gasteiger partial charge in [0.25, 0.3) is 0 Å². The number of Topliss-reactive ketones (excluding diaryl/α,β-unsaturated/α-hetero) is 1. The number of aliphatic hydroxyl groups is 2. The lowest BCUT2D eigenvalue weighted by Gasteiger charge is -2.62. The molecule has 0 aromatic rings. The number of carbonyl (C=O) groups is 3. The Bertz CT molecular complexity index is 925. The van der Waals surface area contributed by atoms with Gasteiger partial charge in [0.1, 0.15) is 6.61 Å². The van der Waals surface area contributed by atoms with Crippen molar-refractivity contribution in [2.45, 2.75) is 77.2 Å². The second-order valence-electron chi connectivity index (χ2n) is 10.5. The van der Waals surface area contributed by atoms with E-state index in [4.69, 9.17) is 4.74 Å². The van der Waals surface area contributed by atoms with Gasteiger partial charge in [-0.2, -0.15) is 0 Å². The van der Waals surface area contributed by atoms with Gasteiger partial charge in [-0.25, -0.2) is 4.39 Å². The van der Waals surface area contributed by atoms with Gasteiger partial charge in [-0.05, 0) is 50.7 Å². The van der Waals surface area contributed by atoms with E-state index in [0.717, 1.165) is 0 Å². The molecule has 3 fully saturated rings. The highest BCUT2D eigenvalue weighted by atomic mass is 19.1. The van der Waals surface area contributed by atoms with E-state index in [1.165, 1.54) is 12.2 Å². The summed E-state index contributed by atoms with van der Waals surface area (Å²) in [4.78, 5) is 37.5. The molecule has 4 aliphatic carbocycles. The first-order valence-electron chi connectivity index (χ1n) is 11.6. The first-order valence-corrected chi connectivity index (χ1v) is 11.6. The predicted molar refractivity (Wildman–Crippen MR) is 114 cm³/mol. The number of ether oxygens (including phenoxy) is 1. The number of carbonyl (C=O) groups excluding carboxylic acids is 3. The van der Waals surface area contributed by atoms with Crippen LogP contribution in [0.1, 0.15) is 59.8 Å². The van der Waals surface area contributed by atoms with E-state index < -0.39 is 58.4 Å². The third-order valence-electron chi connectivity index (χ3n) is 9.30. The maximum Gasteiger partial charge on any atom is 0.306 e. The molecule has 176 valence electrons. The average Bonchev–Trinajstić information content (AvgIpc) is 2.96. The maximum atomic E-state index is 17.2. The van der Waals surface area contributed by atoms with Crippen LogP contribution in [0.15, 0.2) is 23.8 Å². The SMILES string of the molecule is CCC(=O)O[C@]1(C(=O)CO)[C@@H](C)C[C@H]2[C@@H]3CCC4=CC(=O)C=C[C@]4(C)C3(F)[C@@H](O)C[C@@]21C. The van der Waals surface area contributed by atoms with Crippen LogP contribution in [0.25, 0.3) is 0 Å². The molecule has 0 heterocycles. The molecule has 0 aromatic carbocycles. The molecule has 7 heteroatoms. The largest absolute Gasteiger partial charge is 0.450 e. The Balaban J connectivity index is 1.85. The summed E-state index contributed by atoms with van der Waals surface area (Å²) < 4.78 is 23.0. The van der Waals surface area contributed by atoms with Gasteiger partial charge in [0.2, 0.25) is 5.78 Å². The Morgan fingerprint density at radius 1 is 1.28 bits per heavy atom. The van der Waals surface area contributed by atoms with Crippen LogP contribution < -0.4 is 0 Å². The van der Waals surface area contributed by atoms with E-state index in [2.05, 4.69) is 0 Å². The monoisotopic (exact) mass is 448 g/mol. The van der Waals surface area contributed by atoms with E-state index in [1.54, 1.807) is 33.8 Å². The lowest BCUT2D eigenvalue weighted by atomic mass is 9.44. The third-order valence-corrected chi connectivity index (χ3v) is 9.30. The van der Waals surface area contributed by atoms with Gasteiger partial charge in [-0.15, -0.1) is 0 Å². The van der Waals surface area contributed by atoms with Gasteiger partial charge in [0, 0.05) is 29.1 Å². The van der Waals surface area contributed by atoms with Crippen LogP contribution in [0.4, 0.5) is 4.39 Å². The van der Waals surface area contributed by atoms with Crippen molar-refractivity contribution in [3.63, 3.8) is 0 Å². The standard InChI is InChI=1S/C25H33FO6/c1-5-21(31)32-25(20(30)13-27)14(2)10-18-17-7-6-15-11-16(28)8-9-22(15,3)24(17,26)19(29)12-23(18,25)4/h8-9,11,14,17-19,27,29H,5-7,10,12-13H2,1-4H3/t14-,17-,18-,19-,22-,23-,24?,25-/m0/s1. The Morgan fingerprint density at radius 3 is 2.59 bits per heavy atom. The van der Waals surface area contributed by atoms with E-state index in [-0.39, 0.29) is 24.5 Å². The summed E-state index contributed by atoms with van der Waals surface area (Å²) in [6.45, 7) is 6.19. The first-order chi connectivity index (χ1) is 14.9. The Kier molecular flexibility index (Phi) is 5.33. The molecule has 0 aliphatic heterocycles. The van der Waals surface area contributed by atoms with Crippen molar-refractivity contribution < 1.29 is 33.7 Å². The topological polar surface area (TPSA) is 101 Å². The van der Waals surface area contributed by atoms with Crippen LogP contribution in [0.5, 0.6) is 0 Å². The smallest absolute Gasteiger partial charge is 0.306 e. The number of allylic oxidation sites excluding steroid dienone is 4. The van der Waals surface area contributed by atoms with Crippen molar-refractivity contribution in [2.75, 3.05) is 6.61 Å². The van der Waals surface area contributed by atoms with Crippen LogP contribution in [-0.4, -0.2) is 51.7 Å². The first kappa shape index (κ1) is 23.3. The Labute approximate surface area is 187 Å². The quantitative estimate of drug-likeness (QED) is 0.642. The molecule has 1 unspecified atom stereocenters. The molecule has 0 bridgehead atoms.